The van der Waals surface area contributed by atoms with E-state index < -0.39 is 12.1 Å². The Bertz CT molecular complexity index is 711. The Labute approximate surface area is 155 Å². The molecule has 1 aliphatic heterocycles. The van der Waals surface area contributed by atoms with Crippen LogP contribution >= 0.6 is 0 Å². The van der Waals surface area contributed by atoms with E-state index in [1.54, 1.807) is 26.0 Å². The lowest BCUT2D eigenvalue weighted by Gasteiger charge is -2.36. The van der Waals surface area contributed by atoms with E-state index in [1.807, 2.05) is 17.0 Å². The molecule has 148 valence electrons. The van der Waals surface area contributed by atoms with Gasteiger partial charge in [0, 0.05) is 31.9 Å². The molecule has 0 spiro atoms. The van der Waals surface area contributed by atoms with Gasteiger partial charge in [-0.1, -0.05) is 12.1 Å². The lowest BCUT2D eigenvalue weighted by molar-refractivity contribution is -0.185. The largest absolute Gasteiger partial charge is 0.471 e. The fraction of sp³-hybridized carbons (Fsp3) is 0.500. The number of hydrogen-bond donors (Lipinski definition) is 0. The van der Waals surface area contributed by atoms with Crippen LogP contribution in [-0.4, -0.2) is 61.5 Å². The molecule has 1 aromatic rings. The highest BCUT2D eigenvalue weighted by Gasteiger charge is 2.43. The molecule has 0 aromatic heterocycles. The summed E-state index contributed by atoms with van der Waals surface area (Å²) in [4.78, 5) is 30.1. The number of anilines is 1. The molecule has 0 atom stereocenters. The van der Waals surface area contributed by atoms with Gasteiger partial charge in [0.25, 0.3) is 0 Å². The predicted molar refractivity (Wildman–Crippen MR) is 95.3 cm³/mol. The van der Waals surface area contributed by atoms with Crippen molar-refractivity contribution in [2.75, 3.05) is 37.7 Å². The maximum atomic E-state index is 12.6. The molecule has 0 saturated carbocycles. The number of alkyl halides is 3. The van der Waals surface area contributed by atoms with E-state index in [1.165, 1.54) is 0 Å². The molecule has 0 radical (unpaired) electrons. The van der Waals surface area contributed by atoms with Crippen molar-refractivity contribution in [3.8, 4) is 0 Å². The third kappa shape index (κ3) is 5.70. The highest BCUT2D eigenvalue weighted by molar-refractivity contribution is 5.99. The van der Waals surface area contributed by atoms with Crippen LogP contribution in [0.25, 0.3) is 0 Å². The highest BCUT2D eigenvalue weighted by atomic mass is 19.4. The van der Waals surface area contributed by atoms with Crippen molar-refractivity contribution in [2.45, 2.75) is 26.4 Å². The van der Waals surface area contributed by atoms with Gasteiger partial charge in [0.05, 0.1) is 24.4 Å². The van der Waals surface area contributed by atoms with Gasteiger partial charge in [-0.15, -0.1) is 0 Å². The monoisotopic (exact) mass is 385 g/mol. The first-order valence-corrected chi connectivity index (χ1v) is 8.62. The van der Waals surface area contributed by atoms with Crippen molar-refractivity contribution in [1.29, 1.82) is 0 Å². The third-order valence-corrected chi connectivity index (χ3v) is 4.05. The van der Waals surface area contributed by atoms with Crippen LogP contribution in [0.3, 0.4) is 0 Å². The Morgan fingerprint density at radius 2 is 1.78 bits per heavy atom. The Balaban J connectivity index is 2.08. The Hall–Kier alpha value is -2.58. The molecule has 9 heteroatoms. The number of carbonyl (C=O) groups excluding carboxylic acids is 2. The number of hydrogen-bond acceptors (Lipinski definition) is 5. The van der Waals surface area contributed by atoms with E-state index in [2.05, 4.69) is 4.99 Å². The van der Waals surface area contributed by atoms with Gasteiger partial charge in [-0.05, 0) is 26.0 Å². The van der Waals surface area contributed by atoms with Crippen molar-refractivity contribution >= 4 is 29.0 Å². The SMILES string of the molecule is CCOC(=O)CC(C)=Nc1ccccc1N1CCN(C(=O)C(F)(F)F)CC1. The second-order valence-corrected chi connectivity index (χ2v) is 6.09. The second-order valence-electron chi connectivity index (χ2n) is 6.09. The van der Waals surface area contributed by atoms with Gasteiger partial charge in [0.1, 0.15) is 0 Å². The zero-order chi connectivity index (χ0) is 20.0. The van der Waals surface area contributed by atoms with E-state index in [9.17, 15) is 22.8 Å². The first-order valence-electron chi connectivity index (χ1n) is 8.62. The van der Waals surface area contributed by atoms with Crippen molar-refractivity contribution in [1.82, 2.24) is 4.90 Å². The zero-order valence-electron chi connectivity index (χ0n) is 15.3. The van der Waals surface area contributed by atoms with Gasteiger partial charge >= 0.3 is 18.1 Å². The minimum atomic E-state index is -4.85. The highest BCUT2D eigenvalue weighted by Crippen LogP contribution is 2.30. The smallest absolute Gasteiger partial charge is 0.466 e. The van der Waals surface area contributed by atoms with E-state index in [0.29, 0.717) is 18.0 Å². The van der Waals surface area contributed by atoms with Crippen molar-refractivity contribution in [3.05, 3.63) is 24.3 Å². The molecule has 1 amide bonds. The maximum absolute atomic E-state index is 12.6. The minimum Gasteiger partial charge on any atom is -0.466 e. The van der Waals surface area contributed by atoms with Crippen LogP contribution in [0.4, 0.5) is 24.5 Å². The zero-order valence-corrected chi connectivity index (χ0v) is 15.3. The number of esters is 1. The summed E-state index contributed by atoms with van der Waals surface area (Å²) >= 11 is 0. The molecule has 0 aliphatic carbocycles. The number of piperazine rings is 1. The summed E-state index contributed by atoms with van der Waals surface area (Å²) in [6, 6.07) is 7.20. The summed E-state index contributed by atoms with van der Waals surface area (Å²) in [6.45, 7) is 4.24. The number of amides is 1. The standard InChI is InChI=1S/C18H22F3N3O3/c1-3-27-16(25)12-13(2)22-14-6-4-5-7-15(14)23-8-10-24(11-9-23)17(26)18(19,20)21/h4-7H,3,8-12H2,1-2H3. The normalized spacial score (nSPS) is 15.7. The molecule has 1 aliphatic rings. The molecule has 1 aromatic carbocycles. The number of carbonyl (C=O) groups is 2. The van der Waals surface area contributed by atoms with Crippen LogP contribution in [0.5, 0.6) is 0 Å². The molecule has 27 heavy (non-hydrogen) atoms. The summed E-state index contributed by atoms with van der Waals surface area (Å²) in [5.74, 6) is -2.17. The molecule has 1 fully saturated rings. The van der Waals surface area contributed by atoms with Gasteiger partial charge in [-0.25, -0.2) is 0 Å². The van der Waals surface area contributed by atoms with Gasteiger partial charge in [-0.3, -0.25) is 14.6 Å². The average Bonchev–Trinajstić information content (AvgIpc) is 2.61. The number of benzene rings is 1. The fourth-order valence-electron chi connectivity index (χ4n) is 2.82. The van der Waals surface area contributed by atoms with E-state index in [4.69, 9.17) is 4.74 Å². The van der Waals surface area contributed by atoms with Crippen molar-refractivity contribution in [3.63, 3.8) is 0 Å². The first-order chi connectivity index (χ1) is 12.7. The van der Waals surface area contributed by atoms with Crippen molar-refractivity contribution < 1.29 is 27.5 Å². The number of nitrogens with zero attached hydrogens (tertiary/aromatic N) is 3. The second kappa shape index (κ2) is 8.88. The van der Waals surface area contributed by atoms with Crippen LogP contribution in [0, 0.1) is 0 Å². The summed E-state index contributed by atoms with van der Waals surface area (Å²) in [7, 11) is 0. The van der Waals surface area contributed by atoms with E-state index >= 15 is 0 Å². The predicted octanol–water partition coefficient (Wildman–Crippen LogP) is 2.94. The maximum Gasteiger partial charge on any atom is 0.471 e. The third-order valence-electron chi connectivity index (χ3n) is 4.05. The first kappa shape index (κ1) is 20.7. The molecule has 1 saturated heterocycles. The van der Waals surface area contributed by atoms with Gasteiger partial charge < -0.3 is 14.5 Å². The lowest BCUT2D eigenvalue weighted by Crippen LogP contribution is -2.52. The van der Waals surface area contributed by atoms with Crippen LogP contribution in [0.1, 0.15) is 20.3 Å². The van der Waals surface area contributed by atoms with E-state index in [0.717, 1.165) is 10.6 Å². The minimum absolute atomic E-state index is 0.0157. The molecule has 1 heterocycles. The topological polar surface area (TPSA) is 62.2 Å². The van der Waals surface area contributed by atoms with Crippen LogP contribution in [0.2, 0.25) is 0 Å². The summed E-state index contributed by atoms with van der Waals surface area (Å²) in [5.41, 5.74) is 1.95. The Morgan fingerprint density at radius 1 is 1.15 bits per heavy atom. The molecule has 0 N–H and O–H groups in total. The number of halogens is 3. The van der Waals surface area contributed by atoms with Crippen molar-refractivity contribution in [2.24, 2.45) is 4.99 Å². The Kier molecular flexibility index (Phi) is 6.81. The molecule has 0 bridgehead atoms. The van der Waals surface area contributed by atoms with Crippen LogP contribution in [-0.2, 0) is 14.3 Å². The fourth-order valence-corrected chi connectivity index (χ4v) is 2.82. The summed E-state index contributed by atoms with van der Waals surface area (Å²) in [5, 5.41) is 0. The number of ether oxygens (including phenoxy) is 1. The van der Waals surface area contributed by atoms with Gasteiger partial charge in [0.2, 0.25) is 0 Å². The van der Waals surface area contributed by atoms with Crippen LogP contribution < -0.4 is 4.90 Å². The molecule has 6 nitrogen and oxygen atoms in total. The quantitative estimate of drug-likeness (QED) is 0.578. The van der Waals surface area contributed by atoms with E-state index in [-0.39, 0.29) is 38.6 Å². The summed E-state index contributed by atoms with van der Waals surface area (Å²) in [6.07, 6.45) is -4.79. The van der Waals surface area contributed by atoms with Gasteiger partial charge in [0.15, 0.2) is 0 Å². The van der Waals surface area contributed by atoms with Crippen LogP contribution in [0.15, 0.2) is 29.3 Å². The van der Waals surface area contributed by atoms with Gasteiger partial charge in [-0.2, -0.15) is 13.2 Å². The number of rotatable bonds is 5. The lowest BCUT2D eigenvalue weighted by atomic mass is 10.2. The molecule has 0 unspecified atom stereocenters. The average molecular weight is 385 g/mol. The Morgan fingerprint density at radius 3 is 2.37 bits per heavy atom. The molecule has 2 rings (SSSR count). The molecular formula is C18H22F3N3O3. The summed E-state index contributed by atoms with van der Waals surface area (Å²) < 4.78 is 42.6. The number of para-hydroxylation sites is 2. The molecular weight excluding hydrogens is 363 g/mol. The number of aliphatic imine (C=N–C) groups is 1.